The molecule has 0 atom stereocenters. The molecule has 0 saturated heterocycles. The Morgan fingerprint density at radius 3 is 2.95 bits per heavy atom. The molecule has 1 N–H and O–H groups in total. The predicted molar refractivity (Wildman–Crippen MR) is 74.6 cm³/mol. The third-order valence-electron chi connectivity index (χ3n) is 2.66. The fourth-order valence-electron chi connectivity index (χ4n) is 1.76. The molecular weight excluding hydrogens is 268 g/mol. The van der Waals surface area contributed by atoms with Crippen molar-refractivity contribution in [2.75, 3.05) is 17.7 Å². The standard InChI is InChI=1S/C12H13ClN4O2/c13-5-1-2-6-15-12-10(17(18)19)8-16-9-4-3-7-14-11(9)12/h3-4,7-8H,1-2,5-6H2,(H,15,16). The Balaban J connectivity index is 2.35. The van der Waals surface area contributed by atoms with Crippen molar-refractivity contribution >= 4 is 34.0 Å². The molecular formula is C12H13ClN4O2. The van der Waals surface area contributed by atoms with E-state index in [1.807, 2.05) is 0 Å². The van der Waals surface area contributed by atoms with Gasteiger partial charge in [-0.05, 0) is 25.0 Å². The highest BCUT2D eigenvalue weighted by molar-refractivity contribution is 6.17. The van der Waals surface area contributed by atoms with Gasteiger partial charge in [0.25, 0.3) is 0 Å². The first-order chi connectivity index (χ1) is 9.24. The molecule has 2 aromatic heterocycles. The van der Waals surface area contributed by atoms with Crippen LogP contribution in [0.4, 0.5) is 11.4 Å². The number of nitrogens with one attached hydrogen (secondary N) is 1. The number of hydrogen-bond donors (Lipinski definition) is 1. The first-order valence-corrected chi connectivity index (χ1v) is 6.45. The summed E-state index contributed by atoms with van der Waals surface area (Å²) in [4.78, 5) is 18.8. The number of aromatic nitrogens is 2. The van der Waals surface area contributed by atoms with Crippen LogP contribution in [-0.4, -0.2) is 27.3 Å². The minimum Gasteiger partial charge on any atom is -0.378 e. The van der Waals surface area contributed by atoms with Crippen LogP contribution in [0, 0.1) is 10.1 Å². The molecule has 19 heavy (non-hydrogen) atoms. The molecule has 7 heteroatoms. The van der Waals surface area contributed by atoms with Crippen LogP contribution in [0.3, 0.4) is 0 Å². The van der Waals surface area contributed by atoms with E-state index in [-0.39, 0.29) is 5.69 Å². The van der Waals surface area contributed by atoms with Gasteiger partial charge >= 0.3 is 5.69 Å². The van der Waals surface area contributed by atoms with Crippen molar-refractivity contribution in [1.82, 2.24) is 9.97 Å². The van der Waals surface area contributed by atoms with Gasteiger partial charge in [-0.2, -0.15) is 0 Å². The first-order valence-electron chi connectivity index (χ1n) is 5.92. The molecule has 0 bridgehead atoms. The van der Waals surface area contributed by atoms with Crippen LogP contribution < -0.4 is 5.32 Å². The predicted octanol–water partition coefficient (Wildman–Crippen LogP) is 2.97. The average molecular weight is 281 g/mol. The number of anilines is 1. The highest BCUT2D eigenvalue weighted by atomic mass is 35.5. The third kappa shape index (κ3) is 3.08. The average Bonchev–Trinajstić information content (AvgIpc) is 2.43. The van der Waals surface area contributed by atoms with E-state index in [4.69, 9.17) is 11.6 Å². The van der Waals surface area contributed by atoms with Gasteiger partial charge in [0.2, 0.25) is 0 Å². The van der Waals surface area contributed by atoms with Crippen LogP contribution in [0.1, 0.15) is 12.8 Å². The fraction of sp³-hybridized carbons (Fsp3) is 0.333. The molecule has 0 aliphatic rings. The van der Waals surface area contributed by atoms with Gasteiger partial charge in [-0.1, -0.05) is 0 Å². The highest BCUT2D eigenvalue weighted by Gasteiger charge is 2.18. The lowest BCUT2D eigenvalue weighted by atomic mass is 10.2. The van der Waals surface area contributed by atoms with Gasteiger partial charge in [-0.15, -0.1) is 11.6 Å². The zero-order valence-electron chi connectivity index (χ0n) is 10.2. The van der Waals surface area contributed by atoms with Crippen LogP contribution in [0.5, 0.6) is 0 Å². The molecule has 2 rings (SSSR count). The fourth-order valence-corrected chi connectivity index (χ4v) is 1.94. The molecule has 2 aromatic rings. The second-order valence-corrected chi connectivity index (χ2v) is 4.35. The Morgan fingerprint density at radius 1 is 1.37 bits per heavy atom. The zero-order valence-corrected chi connectivity index (χ0v) is 10.9. The number of rotatable bonds is 6. The summed E-state index contributed by atoms with van der Waals surface area (Å²) in [5, 5.41) is 14.1. The van der Waals surface area contributed by atoms with E-state index < -0.39 is 4.92 Å². The Kier molecular flexibility index (Phi) is 4.46. The lowest BCUT2D eigenvalue weighted by Gasteiger charge is -2.08. The number of unbranched alkanes of at least 4 members (excludes halogenated alkanes) is 1. The van der Waals surface area contributed by atoms with Gasteiger partial charge in [0.15, 0.2) is 0 Å². The van der Waals surface area contributed by atoms with Gasteiger partial charge < -0.3 is 5.32 Å². The van der Waals surface area contributed by atoms with Crippen LogP contribution in [0.25, 0.3) is 11.0 Å². The van der Waals surface area contributed by atoms with E-state index in [1.54, 1.807) is 18.3 Å². The highest BCUT2D eigenvalue weighted by Crippen LogP contribution is 2.29. The second-order valence-electron chi connectivity index (χ2n) is 3.97. The minimum atomic E-state index is -0.453. The van der Waals surface area contributed by atoms with Gasteiger partial charge in [-0.3, -0.25) is 15.1 Å². The van der Waals surface area contributed by atoms with Crippen molar-refractivity contribution in [2.24, 2.45) is 0 Å². The Morgan fingerprint density at radius 2 is 2.21 bits per heavy atom. The molecule has 6 nitrogen and oxygen atoms in total. The number of halogens is 1. The third-order valence-corrected chi connectivity index (χ3v) is 2.93. The van der Waals surface area contributed by atoms with Crippen molar-refractivity contribution in [3.05, 3.63) is 34.6 Å². The van der Waals surface area contributed by atoms with Crippen LogP contribution in [0.15, 0.2) is 24.5 Å². The van der Waals surface area contributed by atoms with Crippen molar-refractivity contribution < 1.29 is 4.92 Å². The van der Waals surface area contributed by atoms with Gasteiger partial charge in [-0.25, -0.2) is 4.98 Å². The summed E-state index contributed by atoms with van der Waals surface area (Å²) in [7, 11) is 0. The monoisotopic (exact) mass is 280 g/mol. The van der Waals surface area contributed by atoms with Crippen molar-refractivity contribution in [2.45, 2.75) is 12.8 Å². The molecule has 0 radical (unpaired) electrons. The maximum absolute atomic E-state index is 11.0. The molecule has 2 heterocycles. The SMILES string of the molecule is O=[N+]([O-])c1cnc2cccnc2c1NCCCCCl. The number of hydrogen-bond acceptors (Lipinski definition) is 5. The normalized spacial score (nSPS) is 10.6. The molecule has 0 aliphatic carbocycles. The van der Waals surface area contributed by atoms with Crippen LogP contribution in [-0.2, 0) is 0 Å². The number of alkyl halides is 1. The van der Waals surface area contributed by atoms with Crippen LogP contribution in [0.2, 0.25) is 0 Å². The summed E-state index contributed by atoms with van der Waals surface area (Å²) in [6.45, 7) is 0.614. The van der Waals surface area contributed by atoms with Gasteiger partial charge in [0.05, 0.1) is 10.4 Å². The Bertz CT molecular complexity index is 591. The van der Waals surface area contributed by atoms with Gasteiger partial charge in [0.1, 0.15) is 17.4 Å². The molecule has 0 saturated carbocycles. The Labute approximate surface area is 115 Å². The van der Waals surface area contributed by atoms with E-state index in [0.717, 1.165) is 12.8 Å². The first kappa shape index (κ1) is 13.5. The van der Waals surface area contributed by atoms with Crippen molar-refractivity contribution in [3.63, 3.8) is 0 Å². The number of nitro groups is 1. The Hall–Kier alpha value is -1.95. The van der Waals surface area contributed by atoms with E-state index in [2.05, 4.69) is 15.3 Å². The summed E-state index contributed by atoms with van der Waals surface area (Å²) < 4.78 is 0. The topological polar surface area (TPSA) is 81.0 Å². The summed E-state index contributed by atoms with van der Waals surface area (Å²) in [5.74, 6) is 0.582. The summed E-state index contributed by atoms with van der Waals surface area (Å²) in [5.41, 5.74) is 1.51. The zero-order chi connectivity index (χ0) is 13.7. The summed E-state index contributed by atoms with van der Waals surface area (Å²) >= 11 is 5.60. The quantitative estimate of drug-likeness (QED) is 0.381. The van der Waals surface area contributed by atoms with E-state index in [0.29, 0.717) is 29.1 Å². The lowest BCUT2D eigenvalue weighted by Crippen LogP contribution is -2.06. The molecule has 100 valence electrons. The molecule has 0 unspecified atom stereocenters. The smallest absolute Gasteiger partial charge is 0.312 e. The second kappa shape index (κ2) is 6.29. The number of nitrogens with zero attached hydrogens (tertiary/aromatic N) is 3. The molecule has 0 aliphatic heterocycles. The summed E-state index contributed by atoms with van der Waals surface area (Å²) in [6.07, 6.45) is 4.56. The molecule has 0 spiro atoms. The van der Waals surface area contributed by atoms with E-state index in [1.165, 1.54) is 6.20 Å². The molecule has 0 fully saturated rings. The number of pyridine rings is 2. The van der Waals surface area contributed by atoms with Crippen molar-refractivity contribution in [1.29, 1.82) is 0 Å². The largest absolute Gasteiger partial charge is 0.378 e. The summed E-state index contributed by atoms with van der Waals surface area (Å²) in [6, 6.07) is 3.52. The maximum Gasteiger partial charge on any atom is 0.312 e. The number of fused-ring (bicyclic) bond motifs is 1. The van der Waals surface area contributed by atoms with E-state index >= 15 is 0 Å². The maximum atomic E-state index is 11.0. The van der Waals surface area contributed by atoms with Gasteiger partial charge in [0, 0.05) is 18.6 Å². The van der Waals surface area contributed by atoms with Crippen molar-refractivity contribution in [3.8, 4) is 0 Å². The lowest BCUT2D eigenvalue weighted by molar-refractivity contribution is -0.384. The van der Waals surface area contributed by atoms with Crippen LogP contribution >= 0.6 is 11.6 Å². The van der Waals surface area contributed by atoms with E-state index in [9.17, 15) is 10.1 Å². The molecule has 0 amide bonds. The molecule has 0 aromatic carbocycles. The minimum absolute atomic E-state index is 0.0583.